The number of nitrogens with zero attached hydrogens (tertiary/aromatic N) is 6. The number of nitrogens with one attached hydrogen (secondary N) is 1. The van der Waals surface area contributed by atoms with Gasteiger partial charge in [-0.15, -0.1) is 10.2 Å². The van der Waals surface area contributed by atoms with E-state index < -0.39 is 0 Å². The first kappa shape index (κ1) is 21.0. The van der Waals surface area contributed by atoms with E-state index in [9.17, 15) is 4.39 Å². The van der Waals surface area contributed by atoms with Crippen molar-refractivity contribution in [2.24, 2.45) is 4.99 Å². The van der Waals surface area contributed by atoms with Crippen molar-refractivity contribution in [3.05, 3.63) is 88.1 Å². The quantitative estimate of drug-likeness (QED) is 0.422. The van der Waals surface area contributed by atoms with Gasteiger partial charge >= 0.3 is 0 Å². The standard InChI is InChI=1S/C27H24FN7O/c1-3-16-11-19-25-23(15(2)31-13-34(16)25)18-5-4-9-29-24(18)27(35-14-32-33-26(19)35)30-12-20-17-8-10-36-22(17)7-6-21(20)28/h4-7,9,11,14,31H,3,8,10,12-13H2,1-2H3. The van der Waals surface area contributed by atoms with Crippen LogP contribution in [0.4, 0.5) is 4.39 Å². The van der Waals surface area contributed by atoms with Gasteiger partial charge in [0.1, 0.15) is 23.6 Å². The van der Waals surface area contributed by atoms with Gasteiger partial charge in [-0.05, 0) is 37.6 Å². The molecule has 3 aromatic heterocycles. The molecule has 0 aliphatic carbocycles. The van der Waals surface area contributed by atoms with Crippen molar-refractivity contribution < 1.29 is 9.13 Å². The maximum absolute atomic E-state index is 14.9. The van der Waals surface area contributed by atoms with Crippen LogP contribution in [-0.2, 0) is 26.1 Å². The van der Waals surface area contributed by atoms with E-state index in [1.54, 1.807) is 18.6 Å². The van der Waals surface area contributed by atoms with Crippen LogP contribution in [0.1, 0.15) is 47.6 Å². The smallest absolute Gasteiger partial charge is 0.171 e. The monoisotopic (exact) mass is 481 g/mol. The molecular formula is C27H24FN7O. The minimum atomic E-state index is -0.276. The lowest BCUT2D eigenvalue weighted by molar-refractivity contribution is 0.356. The molecule has 0 unspecified atom stereocenters. The summed E-state index contributed by atoms with van der Waals surface area (Å²) in [4.78, 5) is 9.75. The van der Waals surface area contributed by atoms with Crippen molar-refractivity contribution in [1.29, 1.82) is 0 Å². The van der Waals surface area contributed by atoms with Gasteiger partial charge in [0.15, 0.2) is 11.7 Å². The molecule has 3 aliphatic rings. The molecular weight excluding hydrogens is 457 g/mol. The normalized spacial score (nSPS) is 16.5. The minimum absolute atomic E-state index is 0.158. The van der Waals surface area contributed by atoms with Gasteiger partial charge in [0.05, 0.1) is 25.5 Å². The molecule has 7 rings (SSSR count). The highest BCUT2D eigenvalue weighted by atomic mass is 19.1. The van der Waals surface area contributed by atoms with E-state index in [-0.39, 0.29) is 12.4 Å². The Labute approximate surface area is 207 Å². The van der Waals surface area contributed by atoms with Crippen LogP contribution in [0.5, 0.6) is 5.75 Å². The number of aromatic nitrogens is 5. The number of halogens is 1. The molecule has 1 N–H and O–H groups in total. The Balaban J connectivity index is 1.50. The van der Waals surface area contributed by atoms with Crippen LogP contribution in [-0.4, -0.2) is 36.8 Å². The third-order valence-electron chi connectivity index (χ3n) is 7.29. The predicted molar refractivity (Wildman–Crippen MR) is 133 cm³/mol. The van der Waals surface area contributed by atoms with Crippen LogP contribution in [0, 0.1) is 5.82 Å². The highest BCUT2D eigenvalue weighted by molar-refractivity contribution is 6.08. The number of hydrogen-bond acceptors (Lipinski definition) is 6. The van der Waals surface area contributed by atoms with Crippen LogP contribution in [0.3, 0.4) is 0 Å². The molecule has 0 atom stereocenters. The Bertz CT molecular complexity index is 1610. The second kappa shape index (κ2) is 7.87. The lowest BCUT2D eigenvalue weighted by Crippen LogP contribution is -2.28. The largest absolute Gasteiger partial charge is 0.493 e. The van der Waals surface area contributed by atoms with Gasteiger partial charge in [0, 0.05) is 51.8 Å². The summed E-state index contributed by atoms with van der Waals surface area (Å²) >= 11 is 0. The van der Waals surface area contributed by atoms with E-state index in [0.717, 1.165) is 45.8 Å². The summed E-state index contributed by atoms with van der Waals surface area (Å²) in [7, 11) is 0. The van der Waals surface area contributed by atoms with Gasteiger partial charge in [-0.3, -0.25) is 14.5 Å². The van der Waals surface area contributed by atoms with Crippen molar-refractivity contribution in [3.63, 3.8) is 0 Å². The molecule has 0 saturated heterocycles. The van der Waals surface area contributed by atoms with Gasteiger partial charge in [-0.1, -0.05) is 13.0 Å². The zero-order valence-electron chi connectivity index (χ0n) is 20.0. The Morgan fingerprint density at radius 2 is 2.14 bits per heavy atom. The summed E-state index contributed by atoms with van der Waals surface area (Å²) in [6, 6.07) is 9.35. The van der Waals surface area contributed by atoms with Crippen LogP contribution < -0.4 is 10.1 Å². The lowest BCUT2D eigenvalue weighted by atomic mass is 9.93. The van der Waals surface area contributed by atoms with Crippen molar-refractivity contribution in [1.82, 2.24) is 29.6 Å². The number of pyridine rings is 1. The lowest BCUT2D eigenvalue weighted by Gasteiger charge is -2.28. The highest BCUT2D eigenvalue weighted by Gasteiger charge is 2.33. The molecule has 0 saturated carbocycles. The summed E-state index contributed by atoms with van der Waals surface area (Å²) in [6.07, 6.45) is 4.99. The van der Waals surface area contributed by atoms with E-state index in [1.807, 2.05) is 10.6 Å². The molecule has 1 aromatic carbocycles. The van der Waals surface area contributed by atoms with Crippen molar-refractivity contribution in [2.75, 3.05) is 6.61 Å². The molecule has 180 valence electrons. The van der Waals surface area contributed by atoms with Crippen LogP contribution in [0.25, 0.3) is 17.0 Å². The van der Waals surface area contributed by atoms with Gasteiger partial charge < -0.3 is 14.6 Å². The van der Waals surface area contributed by atoms with Gasteiger partial charge in [-0.25, -0.2) is 4.39 Å². The maximum Gasteiger partial charge on any atom is 0.171 e. The second-order valence-corrected chi connectivity index (χ2v) is 9.18. The van der Waals surface area contributed by atoms with E-state index >= 15 is 0 Å². The fraction of sp³-hybridized carbons (Fsp3) is 0.259. The van der Waals surface area contributed by atoms with E-state index in [1.165, 1.54) is 11.8 Å². The van der Waals surface area contributed by atoms with Crippen LogP contribution in [0.2, 0.25) is 0 Å². The van der Waals surface area contributed by atoms with Crippen molar-refractivity contribution >= 4 is 11.4 Å². The van der Waals surface area contributed by atoms with Crippen LogP contribution in [0.15, 0.2) is 53.5 Å². The first-order valence-corrected chi connectivity index (χ1v) is 12.2. The number of rotatable bonds is 3. The number of fused-ring (bicyclic) bond motifs is 5. The molecule has 9 heteroatoms. The molecule has 0 fully saturated rings. The van der Waals surface area contributed by atoms with Gasteiger partial charge in [0.2, 0.25) is 0 Å². The summed E-state index contributed by atoms with van der Waals surface area (Å²) in [5, 5.41) is 12.3. The Morgan fingerprint density at radius 1 is 1.22 bits per heavy atom. The first-order chi connectivity index (χ1) is 17.7. The number of hydrogen-bond donors (Lipinski definition) is 1. The number of aryl methyl sites for hydroxylation is 1. The second-order valence-electron chi connectivity index (χ2n) is 9.18. The van der Waals surface area contributed by atoms with Gasteiger partial charge in [0.25, 0.3) is 0 Å². The number of benzene rings is 1. The van der Waals surface area contributed by atoms with Crippen LogP contribution >= 0.6 is 0 Å². The van der Waals surface area contributed by atoms with Crippen molar-refractivity contribution in [3.8, 4) is 17.1 Å². The topological polar surface area (TPSA) is 82.1 Å². The van der Waals surface area contributed by atoms with Gasteiger partial charge in [-0.2, -0.15) is 0 Å². The SMILES string of the molecule is CCc1cc2c3n1CNC(C)=C3c1cccnc1C(=NCc1c(F)ccc3c1CCO3)n1cnnc1-2. The number of ether oxygens (including phenoxy) is 1. The van der Waals surface area contributed by atoms with E-state index in [0.29, 0.717) is 42.6 Å². The van der Waals surface area contributed by atoms with E-state index in [4.69, 9.17) is 14.7 Å². The predicted octanol–water partition coefficient (Wildman–Crippen LogP) is 3.93. The Hall–Kier alpha value is -4.27. The minimum Gasteiger partial charge on any atom is -0.493 e. The number of aliphatic imine (C=N–C) groups is 1. The molecule has 36 heavy (non-hydrogen) atoms. The summed E-state index contributed by atoms with van der Waals surface area (Å²) in [6.45, 7) is 5.65. The molecule has 8 nitrogen and oxygen atoms in total. The molecule has 0 spiro atoms. The zero-order chi connectivity index (χ0) is 24.4. The summed E-state index contributed by atoms with van der Waals surface area (Å²) in [5.41, 5.74) is 8.57. The Morgan fingerprint density at radius 3 is 3.03 bits per heavy atom. The fourth-order valence-electron chi connectivity index (χ4n) is 5.57. The highest BCUT2D eigenvalue weighted by Crippen LogP contribution is 2.41. The third-order valence-corrected chi connectivity index (χ3v) is 7.29. The number of allylic oxidation sites excluding steroid dienone is 1. The fourth-order valence-corrected chi connectivity index (χ4v) is 5.57. The maximum atomic E-state index is 14.9. The molecule has 0 amide bonds. The van der Waals surface area contributed by atoms with Crippen molar-refractivity contribution in [2.45, 2.75) is 39.9 Å². The summed E-state index contributed by atoms with van der Waals surface area (Å²) < 4.78 is 24.8. The molecule has 4 aromatic rings. The first-order valence-electron chi connectivity index (χ1n) is 12.2. The van der Waals surface area contributed by atoms with E-state index in [2.05, 4.69) is 46.1 Å². The average molecular weight is 482 g/mol. The average Bonchev–Trinajstić information content (AvgIpc) is 3.63. The third kappa shape index (κ3) is 2.92. The zero-order valence-corrected chi connectivity index (χ0v) is 20.0. The Kier molecular flexibility index (Phi) is 4.60. The summed E-state index contributed by atoms with van der Waals surface area (Å²) in [5.74, 6) is 1.74. The molecule has 0 radical (unpaired) electrons. The molecule has 6 heterocycles. The molecule has 3 aliphatic heterocycles. The molecule has 0 bridgehead atoms.